The summed E-state index contributed by atoms with van der Waals surface area (Å²) >= 11 is 2.33. The maximum absolute atomic E-state index is 10.5. The Morgan fingerprint density at radius 3 is 1.17 bits per heavy atom. The minimum absolute atomic E-state index is 0. The van der Waals surface area contributed by atoms with Gasteiger partial charge in [-0.2, -0.15) is 0 Å². The maximum atomic E-state index is 10.5. The number of carbonyl (C=O) groups is 2. The van der Waals surface area contributed by atoms with E-state index in [1.165, 1.54) is 14.2 Å². The van der Waals surface area contributed by atoms with Crippen molar-refractivity contribution in [2.75, 3.05) is 14.2 Å². The maximum Gasteiger partial charge on any atom is -1.00 e. The van der Waals surface area contributed by atoms with Gasteiger partial charge < -0.3 is 34.0 Å². The van der Waals surface area contributed by atoms with Crippen LogP contribution in [0.5, 0.6) is 0 Å². The van der Waals surface area contributed by atoms with Gasteiger partial charge in [0.2, 0.25) is 0 Å². The number of halogens is 2. The summed E-state index contributed by atoms with van der Waals surface area (Å²) in [4.78, 5) is 21.1. The molecule has 0 aliphatic carbocycles. The Labute approximate surface area is 150 Å². The van der Waals surface area contributed by atoms with Crippen molar-refractivity contribution in [2.45, 2.75) is 23.9 Å². The molecule has 0 aromatic rings. The third kappa shape index (κ3) is 15.2. The average Bonchev–Trinajstić information content (AvgIpc) is 2.35. The van der Waals surface area contributed by atoms with Crippen LogP contribution in [-0.4, -0.2) is 26.2 Å². The van der Waals surface area contributed by atoms with E-state index in [9.17, 15) is 9.59 Å². The van der Waals surface area contributed by atoms with E-state index in [4.69, 9.17) is 0 Å². The van der Waals surface area contributed by atoms with Gasteiger partial charge >= 0.3 is 118 Å². The van der Waals surface area contributed by atoms with Gasteiger partial charge in [-0.15, -0.1) is 0 Å². The first kappa shape index (κ1) is 27.5. The molecule has 0 aliphatic heterocycles. The summed E-state index contributed by atoms with van der Waals surface area (Å²) in [7, 11) is 2.85. The Morgan fingerprint density at radius 2 is 1.11 bits per heavy atom. The van der Waals surface area contributed by atoms with E-state index in [1.54, 1.807) is 0 Å². The largest absolute Gasteiger partial charge is 1.00 e. The van der Waals surface area contributed by atoms with E-state index in [2.05, 4.69) is 9.47 Å². The van der Waals surface area contributed by atoms with Crippen LogP contribution in [0.4, 0.5) is 0 Å². The van der Waals surface area contributed by atoms with Crippen LogP contribution in [-0.2, 0) is 55.7 Å². The number of hydrogen-bond acceptors (Lipinski definition) is 4. The zero-order chi connectivity index (χ0) is 13.1. The Hall–Kier alpha value is 1.15. The van der Waals surface area contributed by atoms with Crippen LogP contribution in [0.15, 0.2) is 0 Å². The molecule has 18 heavy (non-hydrogen) atoms. The molecule has 1 unspecified atom stereocenters. The van der Waals surface area contributed by atoms with Crippen molar-refractivity contribution in [3.8, 4) is 0 Å². The Morgan fingerprint density at radius 1 is 0.889 bits per heavy atom. The fourth-order valence-electron chi connectivity index (χ4n) is 0.638. The van der Waals surface area contributed by atoms with Gasteiger partial charge in [0.25, 0.3) is 0 Å². The van der Waals surface area contributed by atoms with Crippen LogP contribution in [0.3, 0.4) is 0 Å². The molecule has 0 bridgehead atoms. The second-order valence-corrected chi connectivity index (χ2v) is 5.85. The van der Waals surface area contributed by atoms with Crippen molar-refractivity contribution in [1.29, 1.82) is 0 Å². The molecule has 4 nitrogen and oxygen atoms in total. The summed E-state index contributed by atoms with van der Waals surface area (Å²) < 4.78 is 8.97. The van der Waals surface area contributed by atoms with Crippen molar-refractivity contribution >= 4 is 11.9 Å². The molecular weight excluding hydrogens is 475 g/mol. The van der Waals surface area contributed by atoms with Crippen molar-refractivity contribution in [2.24, 2.45) is 11.8 Å². The first-order valence-electron chi connectivity index (χ1n) is 5.18. The van der Waals surface area contributed by atoms with Crippen molar-refractivity contribution in [3.05, 3.63) is 0 Å². The fraction of sp³-hybridized carbons (Fsp3) is 0.800. The minimum Gasteiger partial charge on any atom is -1.00 e. The molecule has 0 saturated heterocycles. The van der Waals surface area contributed by atoms with E-state index < -0.39 is 0 Å². The zero-order valence-electron chi connectivity index (χ0n) is 11.4. The molecule has 0 spiro atoms. The Bertz CT molecular complexity index is 196. The number of methoxy groups -OCH3 is 2. The molecule has 0 N–H and O–H groups in total. The van der Waals surface area contributed by atoms with Crippen LogP contribution in [0.2, 0.25) is 10.0 Å². The molecule has 8 heteroatoms. The number of ether oxygens (including phenoxy) is 2. The molecule has 100 valence electrons. The van der Waals surface area contributed by atoms with Crippen molar-refractivity contribution in [3.63, 3.8) is 0 Å². The van der Waals surface area contributed by atoms with Crippen molar-refractivity contribution < 1.29 is 89.6 Å². The third-order valence-corrected chi connectivity index (χ3v) is 5.71. The van der Waals surface area contributed by atoms with Gasteiger partial charge in [-0.25, -0.2) is 0 Å². The molecule has 0 fully saturated rings. The molecule has 0 amide bonds. The topological polar surface area (TPSA) is 52.6 Å². The van der Waals surface area contributed by atoms with E-state index in [0.717, 1.165) is 46.6 Å². The minimum atomic E-state index is -0.0868. The zero-order valence-corrected chi connectivity index (χ0v) is 20.5. The van der Waals surface area contributed by atoms with Crippen LogP contribution < -0.4 is 34.0 Å². The van der Waals surface area contributed by atoms with Gasteiger partial charge in [-0.3, -0.25) is 0 Å². The molecule has 0 aromatic carbocycles. The molecule has 0 radical (unpaired) electrons. The smallest absolute Gasteiger partial charge is 1.00 e. The quantitative estimate of drug-likeness (QED) is 0.293. The molecule has 0 aromatic heterocycles. The third-order valence-electron chi connectivity index (χ3n) is 2.07. The van der Waals surface area contributed by atoms with E-state index in [0.29, 0.717) is 0 Å². The summed E-state index contributed by atoms with van der Waals surface area (Å²) in [5.41, 5.74) is 0. The predicted octanol–water partition coefficient (Wildman–Crippen LogP) is -4.47. The first-order chi connectivity index (χ1) is 7.44. The van der Waals surface area contributed by atoms with Gasteiger partial charge in [0.15, 0.2) is 0 Å². The molecular formula is C10H18Br2O4Zn2. The van der Waals surface area contributed by atoms with Crippen molar-refractivity contribution in [1.82, 2.24) is 0 Å². The number of rotatable bonds is 4. The summed E-state index contributed by atoms with van der Waals surface area (Å²) in [5, 5.41) is 1.96. The summed E-state index contributed by atoms with van der Waals surface area (Å²) in [6.07, 6.45) is 0. The van der Waals surface area contributed by atoms with Gasteiger partial charge in [-0.05, 0) is 0 Å². The number of hydrogen-bond donors (Lipinski definition) is 0. The number of carbonyl (C=O) groups excluding carboxylic acids is 2. The Balaban J connectivity index is -0.0000000980. The van der Waals surface area contributed by atoms with Crippen LogP contribution in [0.25, 0.3) is 0 Å². The number of esters is 2. The molecule has 0 saturated carbocycles. The molecule has 2 atom stereocenters. The molecule has 0 rings (SSSR count). The normalized spacial score (nSPS) is 11.6. The second kappa shape index (κ2) is 18.1. The summed E-state index contributed by atoms with van der Waals surface area (Å²) in [6.45, 7) is 3.77. The van der Waals surface area contributed by atoms with E-state index in [-0.39, 0.29) is 57.7 Å². The standard InChI is InChI=1S/2C5H9O2.2BrH.2Zn/c2*1-4(2)5(6)7-3;;;;/h2*4H,1H2,2-3H3;2*1H;;/q;;;;2*+1/p-2/t4-;;;;;/m1...../s1. The summed E-state index contributed by atoms with van der Waals surface area (Å²) in [5.74, 6) is 0.0486. The van der Waals surface area contributed by atoms with Gasteiger partial charge in [0, 0.05) is 0 Å². The van der Waals surface area contributed by atoms with E-state index in [1.807, 2.05) is 13.8 Å². The van der Waals surface area contributed by atoms with Crippen LogP contribution in [0, 0.1) is 11.8 Å². The summed E-state index contributed by atoms with van der Waals surface area (Å²) in [6, 6.07) is 0. The van der Waals surface area contributed by atoms with Gasteiger partial charge in [0.1, 0.15) is 0 Å². The molecule has 0 aliphatic rings. The van der Waals surface area contributed by atoms with Gasteiger partial charge in [0.05, 0.1) is 0 Å². The first-order valence-corrected chi connectivity index (χ1v) is 9.38. The monoisotopic (exact) mass is 488 g/mol. The SMILES string of the molecule is COC(=O)C(C)[CH2][Zn+].COC(=O)[C@@H](C)[CH2][Zn+].[Br-].[Br-]. The fourth-order valence-corrected chi connectivity index (χ4v) is 1.63. The van der Waals surface area contributed by atoms with Crippen LogP contribution in [0.1, 0.15) is 13.8 Å². The Kier molecular flexibility index (Phi) is 27.7. The second-order valence-electron chi connectivity index (χ2n) is 3.43. The van der Waals surface area contributed by atoms with Crippen LogP contribution >= 0.6 is 0 Å². The average molecular weight is 493 g/mol. The predicted molar refractivity (Wildman–Crippen MR) is 52.0 cm³/mol. The van der Waals surface area contributed by atoms with E-state index >= 15 is 0 Å². The van der Waals surface area contributed by atoms with Gasteiger partial charge in [-0.1, -0.05) is 0 Å². The molecule has 0 heterocycles.